The van der Waals surface area contributed by atoms with Crippen molar-refractivity contribution in [2.24, 2.45) is 0 Å². The van der Waals surface area contributed by atoms with Crippen LogP contribution in [0.5, 0.6) is 0 Å². The third-order valence-corrected chi connectivity index (χ3v) is 5.28. The number of aryl methyl sites for hydroxylation is 2. The largest absolute Gasteiger partial charge is 0.358 e. The number of hydrogen-bond acceptors (Lipinski definition) is 5. The normalized spacial score (nSPS) is 10.8. The van der Waals surface area contributed by atoms with E-state index in [4.69, 9.17) is 0 Å². The van der Waals surface area contributed by atoms with Crippen LogP contribution in [0.4, 0.5) is 0 Å². The highest BCUT2D eigenvalue weighted by Crippen LogP contribution is 2.31. The number of rotatable bonds is 7. The zero-order chi connectivity index (χ0) is 19.2. The van der Waals surface area contributed by atoms with Crippen molar-refractivity contribution in [1.29, 1.82) is 0 Å². The van der Waals surface area contributed by atoms with E-state index < -0.39 is 0 Å². The lowest BCUT2D eigenvalue weighted by Gasteiger charge is -2.17. The highest BCUT2D eigenvalue weighted by molar-refractivity contribution is 7.99. The van der Waals surface area contributed by atoms with Gasteiger partial charge in [0, 0.05) is 25.0 Å². The summed E-state index contributed by atoms with van der Waals surface area (Å²) < 4.78 is 2.07. The van der Waals surface area contributed by atoms with Crippen molar-refractivity contribution >= 4 is 17.7 Å². The number of para-hydroxylation sites is 1. The predicted molar refractivity (Wildman–Crippen MR) is 108 cm³/mol. The monoisotopic (exact) mass is 381 g/mol. The van der Waals surface area contributed by atoms with Crippen LogP contribution in [0, 0.1) is 0 Å². The van der Waals surface area contributed by atoms with Crippen LogP contribution in [0.15, 0.2) is 47.9 Å². The number of hydrogen-bond donors (Lipinski definition) is 1. The number of benzene rings is 1. The van der Waals surface area contributed by atoms with E-state index in [1.165, 1.54) is 22.9 Å². The fourth-order valence-corrected chi connectivity index (χ4v) is 3.76. The van der Waals surface area contributed by atoms with Crippen molar-refractivity contribution in [2.45, 2.75) is 31.8 Å². The van der Waals surface area contributed by atoms with Gasteiger partial charge in [0.25, 0.3) is 0 Å². The fourth-order valence-electron chi connectivity index (χ4n) is 2.95. The molecule has 6 nitrogen and oxygen atoms in total. The Morgan fingerprint density at radius 3 is 2.44 bits per heavy atom. The molecule has 27 heavy (non-hydrogen) atoms. The van der Waals surface area contributed by atoms with Gasteiger partial charge in [0.2, 0.25) is 5.91 Å². The molecule has 3 rings (SSSR count). The summed E-state index contributed by atoms with van der Waals surface area (Å²) in [6.07, 6.45) is 5.32. The Labute approximate surface area is 163 Å². The molecule has 0 aliphatic rings. The Balaban J connectivity index is 2.20. The molecule has 0 aliphatic carbocycles. The molecule has 0 spiro atoms. The van der Waals surface area contributed by atoms with Gasteiger partial charge in [-0.25, -0.2) is 0 Å². The van der Waals surface area contributed by atoms with Gasteiger partial charge in [0.05, 0.1) is 11.4 Å². The van der Waals surface area contributed by atoms with Crippen LogP contribution >= 0.6 is 11.8 Å². The average Bonchev–Trinajstić information content (AvgIpc) is 3.15. The van der Waals surface area contributed by atoms with Gasteiger partial charge in [0.15, 0.2) is 11.0 Å². The van der Waals surface area contributed by atoms with E-state index in [-0.39, 0.29) is 11.7 Å². The molecule has 0 radical (unpaired) electrons. The van der Waals surface area contributed by atoms with Crippen molar-refractivity contribution in [3.8, 4) is 17.1 Å². The van der Waals surface area contributed by atoms with E-state index in [1.807, 2.05) is 12.1 Å². The predicted octanol–water partition coefficient (Wildman–Crippen LogP) is 3.29. The number of carbonyl (C=O) groups excluding carboxylic acids is 1. The van der Waals surface area contributed by atoms with Crippen molar-refractivity contribution in [2.75, 3.05) is 12.8 Å². The topological polar surface area (TPSA) is 72.7 Å². The number of aromatic nitrogens is 4. The minimum Gasteiger partial charge on any atom is -0.358 e. The number of amides is 1. The first kappa shape index (κ1) is 19.1. The highest BCUT2D eigenvalue weighted by atomic mass is 32.2. The summed E-state index contributed by atoms with van der Waals surface area (Å²) in [5.74, 6) is 0.979. The second kappa shape index (κ2) is 8.81. The second-order valence-electron chi connectivity index (χ2n) is 5.98. The fraction of sp³-hybridized carbons (Fsp3) is 0.300. The molecule has 0 unspecified atom stereocenters. The number of nitrogens with one attached hydrogen (secondary N) is 1. The number of thioether (sulfide) groups is 1. The van der Waals surface area contributed by atoms with Crippen molar-refractivity contribution in [3.05, 3.63) is 53.9 Å². The summed E-state index contributed by atoms with van der Waals surface area (Å²) in [5.41, 5.74) is 4.44. The standard InChI is InChI=1S/C20H23N5OS/c1-4-14-8-6-9-15(5-2)18(14)25-19(16-10-7-11-22-12-16)23-24-20(25)27-13-17(26)21-3/h6-12H,4-5,13H2,1-3H3,(H,21,26). The van der Waals surface area contributed by atoms with Gasteiger partial charge < -0.3 is 5.32 Å². The smallest absolute Gasteiger partial charge is 0.230 e. The third-order valence-electron chi connectivity index (χ3n) is 4.35. The molecular weight excluding hydrogens is 358 g/mol. The van der Waals surface area contributed by atoms with Gasteiger partial charge in [-0.15, -0.1) is 10.2 Å². The van der Waals surface area contributed by atoms with Crippen LogP contribution in [-0.4, -0.2) is 38.5 Å². The number of carbonyl (C=O) groups is 1. The molecule has 1 amide bonds. The molecule has 0 saturated heterocycles. The zero-order valence-corrected chi connectivity index (χ0v) is 16.6. The molecule has 2 aromatic heterocycles. The highest BCUT2D eigenvalue weighted by Gasteiger charge is 2.21. The van der Waals surface area contributed by atoms with Gasteiger partial charge in [-0.3, -0.25) is 14.3 Å². The second-order valence-corrected chi connectivity index (χ2v) is 6.92. The maximum absolute atomic E-state index is 11.8. The molecule has 7 heteroatoms. The lowest BCUT2D eigenvalue weighted by atomic mass is 10.0. The average molecular weight is 382 g/mol. The van der Waals surface area contributed by atoms with Crippen LogP contribution < -0.4 is 5.32 Å². The summed E-state index contributed by atoms with van der Waals surface area (Å²) in [4.78, 5) is 16.0. The summed E-state index contributed by atoms with van der Waals surface area (Å²) in [5, 5.41) is 12.2. The summed E-state index contributed by atoms with van der Waals surface area (Å²) >= 11 is 1.39. The third kappa shape index (κ3) is 4.03. The molecule has 0 fully saturated rings. The molecule has 1 aromatic carbocycles. The van der Waals surface area contributed by atoms with Gasteiger partial charge in [-0.1, -0.05) is 43.8 Å². The maximum atomic E-state index is 11.8. The minimum atomic E-state index is -0.0445. The SMILES string of the molecule is CCc1cccc(CC)c1-n1c(SCC(=O)NC)nnc1-c1cccnc1. The van der Waals surface area contributed by atoms with E-state index >= 15 is 0 Å². The number of nitrogens with zero attached hydrogens (tertiary/aromatic N) is 4. The Hall–Kier alpha value is -2.67. The van der Waals surface area contributed by atoms with E-state index in [9.17, 15) is 4.79 Å². The van der Waals surface area contributed by atoms with Crippen LogP contribution in [0.25, 0.3) is 17.1 Å². The van der Waals surface area contributed by atoms with Crippen molar-refractivity contribution < 1.29 is 4.79 Å². The molecule has 0 atom stereocenters. The van der Waals surface area contributed by atoms with Gasteiger partial charge >= 0.3 is 0 Å². The lowest BCUT2D eigenvalue weighted by molar-refractivity contribution is -0.118. The molecule has 0 bridgehead atoms. The van der Waals surface area contributed by atoms with Gasteiger partial charge in [0.1, 0.15) is 0 Å². The minimum absolute atomic E-state index is 0.0445. The molecule has 0 aliphatic heterocycles. The number of pyridine rings is 1. The molecule has 140 valence electrons. The molecule has 3 aromatic rings. The summed E-state index contributed by atoms with van der Waals surface area (Å²) in [7, 11) is 1.64. The summed E-state index contributed by atoms with van der Waals surface area (Å²) in [6.45, 7) is 4.29. The van der Waals surface area contributed by atoms with Crippen molar-refractivity contribution in [3.63, 3.8) is 0 Å². The van der Waals surface area contributed by atoms with Crippen LogP contribution in [-0.2, 0) is 17.6 Å². The molecule has 1 N–H and O–H groups in total. The Morgan fingerprint density at radius 2 is 1.85 bits per heavy atom. The molecular formula is C20H23N5OS. The first-order valence-electron chi connectivity index (χ1n) is 8.99. The first-order chi connectivity index (χ1) is 13.2. The van der Waals surface area contributed by atoms with Crippen LogP contribution in [0.2, 0.25) is 0 Å². The van der Waals surface area contributed by atoms with Gasteiger partial charge in [-0.05, 0) is 36.1 Å². The lowest BCUT2D eigenvalue weighted by Crippen LogP contribution is -2.20. The van der Waals surface area contributed by atoms with Crippen molar-refractivity contribution in [1.82, 2.24) is 25.1 Å². The van der Waals surface area contributed by atoms with E-state index in [1.54, 1.807) is 19.4 Å². The van der Waals surface area contributed by atoms with E-state index in [2.05, 4.69) is 57.1 Å². The molecule has 2 heterocycles. The maximum Gasteiger partial charge on any atom is 0.230 e. The Kier molecular flexibility index (Phi) is 6.24. The summed E-state index contributed by atoms with van der Waals surface area (Å²) in [6, 6.07) is 10.2. The Morgan fingerprint density at radius 1 is 1.11 bits per heavy atom. The van der Waals surface area contributed by atoms with Gasteiger partial charge in [-0.2, -0.15) is 0 Å². The Bertz CT molecular complexity index is 901. The van der Waals surface area contributed by atoms with E-state index in [0.717, 1.165) is 29.9 Å². The quantitative estimate of drug-likeness (QED) is 0.636. The molecule has 0 saturated carbocycles. The zero-order valence-electron chi connectivity index (χ0n) is 15.8. The van der Waals surface area contributed by atoms with E-state index in [0.29, 0.717) is 5.16 Å². The van der Waals surface area contributed by atoms with Crippen LogP contribution in [0.1, 0.15) is 25.0 Å². The first-order valence-corrected chi connectivity index (χ1v) is 9.98. The van der Waals surface area contributed by atoms with Crippen LogP contribution in [0.3, 0.4) is 0 Å².